The van der Waals surface area contributed by atoms with Gasteiger partial charge in [0.05, 0.1) is 15.5 Å². The maximum Gasteiger partial charge on any atom is 0.253 e. The first kappa shape index (κ1) is 16.5. The van der Waals surface area contributed by atoms with Gasteiger partial charge in [-0.15, -0.1) is 0 Å². The van der Waals surface area contributed by atoms with Gasteiger partial charge in [-0.2, -0.15) is 0 Å². The standard InChI is InChI=1S/C15H15ClN2O3S/c1-10-2-7-13(14(16)8-10)15(19)18-9-11-3-5-12(6-4-11)22(17,20)21/h2-8H,9H2,1H3,(H,18,19)(H2,17,20,21). The number of rotatable bonds is 4. The minimum atomic E-state index is -3.71. The molecule has 2 aromatic carbocycles. The van der Waals surface area contributed by atoms with Gasteiger partial charge in [-0.05, 0) is 42.3 Å². The van der Waals surface area contributed by atoms with Gasteiger partial charge in [-0.1, -0.05) is 29.8 Å². The summed E-state index contributed by atoms with van der Waals surface area (Å²) < 4.78 is 22.3. The van der Waals surface area contributed by atoms with E-state index in [1.807, 2.05) is 13.0 Å². The smallest absolute Gasteiger partial charge is 0.253 e. The number of nitrogens with two attached hydrogens (primary N) is 1. The number of amides is 1. The Hall–Kier alpha value is -1.89. The van der Waals surface area contributed by atoms with E-state index in [2.05, 4.69) is 5.32 Å². The van der Waals surface area contributed by atoms with Gasteiger partial charge >= 0.3 is 0 Å². The highest BCUT2D eigenvalue weighted by Gasteiger charge is 2.11. The van der Waals surface area contributed by atoms with E-state index in [4.69, 9.17) is 16.7 Å². The minimum Gasteiger partial charge on any atom is -0.348 e. The van der Waals surface area contributed by atoms with Crippen molar-refractivity contribution in [2.24, 2.45) is 5.14 Å². The van der Waals surface area contributed by atoms with E-state index in [0.717, 1.165) is 11.1 Å². The lowest BCUT2D eigenvalue weighted by Gasteiger charge is -2.08. The van der Waals surface area contributed by atoms with Crippen LogP contribution in [0.15, 0.2) is 47.4 Å². The number of halogens is 1. The fourth-order valence-electron chi connectivity index (χ4n) is 1.88. The summed E-state index contributed by atoms with van der Waals surface area (Å²) in [6.45, 7) is 2.15. The van der Waals surface area contributed by atoms with Crippen LogP contribution in [0.1, 0.15) is 21.5 Å². The van der Waals surface area contributed by atoms with Gasteiger partial charge in [0.15, 0.2) is 0 Å². The van der Waals surface area contributed by atoms with Crippen LogP contribution >= 0.6 is 11.6 Å². The summed E-state index contributed by atoms with van der Waals surface area (Å²) in [5, 5.41) is 8.14. The van der Waals surface area contributed by atoms with Gasteiger partial charge in [-0.25, -0.2) is 13.6 Å². The molecule has 0 heterocycles. The zero-order valence-corrected chi connectivity index (χ0v) is 13.4. The maximum atomic E-state index is 12.1. The van der Waals surface area contributed by atoms with Gasteiger partial charge in [0, 0.05) is 6.54 Å². The lowest BCUT2D eigenvalue weighted by Crippen LogP contribution is -2.23. The van der Waals surface area contributed by atoms with Crippen LogP contribution in [0.25, 0.3) is 0 Å². The second-order valence-corrected chi connectivity index (χ2v) is 6.82. The number of carbonyl (C=O) groups excluding carboxylic acids is 1. The van der Waals surface area contributed by atoms with Crippen molar-refractivity contribution in [2.45, 2.75) is 18.4 Å². The third kappa shape index (κ3) is 4.07. The SMILES string of the molecule is Cc1ccc(C(=O)NCc2ccc(S(N)(=O)=O)cc2)c(Cl)c1. The Labute approximate surface area is 134 Å². The molecule has 0 unspecified atom stereocenters. The van der Waals surface area contributed by atoms with E-state index in [0.29, 0.717) is 10.6 Å². The number of benzene rings is 2. The van der Waals surface area contributed by atoms with Crippen molar-refractivity contribution in [3.05, 3.63) is 64.2 Å². The zero-order chi connectivity index (χ0) is 16.3. The number of carbonyl (C=O) groups is 1. The molecule has 0 aliphatic carbocycles. The first-order valence-corrected chi connectivity index (χ1v) is 8.36. The van der Waals surface area contributed by atoms with Crippen LogP contribution in [-0.2, 0) is 16.6 Å². The lowest BCUT2D eigenvalue weighted by atomic mass is 10.1. The third-order valence-electron chi connectivity index (χ3n) is 3.07. The number of aryl methyl sites for hydroxylation is 1. The van der Waals surface area contributed by atoms with Gasteiger partial charge in [0.2, 0.25) is 10.0 Å². The molecule has 5 nitrogen and oxygen atoms in total. The van der Waals surface area contributed by atoms with Crippen LogP contribution in [-0.4, -0.2) is 14.3 Å². The highest BCUT2D eigenvalue weighted by atomic mass is 35.5. The highest BCUT2D eigenvalue weighted by molar-refractivity contribution is 7.89. The first-order chi connectivity index (χ1) is 10.3. The average Bonchev–Trinajstić information content (AvgIpc) is 2.44. The minimum absolute atomic E-state index is 0.0316. The van der Waals surface area contributed by atoms with Crippen molar-refractivity contribution < 1.29 is 13.2 Å². The molecule has 0 bridgehead atoms. The lowest BCUT2D eigenvalue weighted by molar-refractivity contribution is 0.0951. The first-order valence-electron chi connectivity index (χ1n) is 6.43. The summed E-state index contributed by atoms with van der Waals surface area (Å²) in [7, 11) is -3.71. The predicted octanol–water partition coefficient (Wildman–Crippen LogP) is 2.23. The summed E-state index contributed by atoms with van der Waals surface area (Å²) in [4.78, 5) is 12.1. The molecule has 0 fully saturated rings. The van der Waals surface area contributed by atoms with E-state index in [-0.39, 0.29) is 17.3 Å². The molecule has 0 aliphatic heterocycles. The Bertz CT molecular complexity index is 802. The molecule has 0 spiro atoms. The van der Waals surface area contributed by atoms with Crippen LogP contribution < -0.4 is 10.5 Å². The third-order valence-corrected chi connectivity index (χ3v) is 4.32. The van der Waals surface area contributed by atoms with Gasteiger partial charge < -0.3 is 5.32 Å². The van der Waals surface area contributed by atoms with Crippen molar-refractivity contribution in [3.63, 3.8) is 0 Å². The summed E-state index contributed by atoms with van der Waals surface area (Å²) >= 11 is 6.04. The molecule has 2 rings (SSSR count). The maximum absolute atomic E-state index is 12.1. The molecule has 0 aliphatic rings. The molecule has 0 saturated carbocycles. The van der Waals surface area contributed by atoms with E-state index < -0.39 is 10.0 Å². The number of nitrogens with one attached hydrogen (secondary N) is 1. The van der Waals surface area contributed by atoms with Crippen LogP contribution in [0.2, 0.25) is 5.02 Å². The molecule has 7 heteroatoms. The Kier molecular flexibility index (Phi) is 4.85. The fourth-order valence-corrected chi connectivity index (χ4v) is 2.72. The van der Waals surface area contributed by atoms with Crippen LogP contribution in [0.5, 0.6) is 0 Å². The van der Waals surface area contributed by atoms with Crippen LogP contribution in [0.3, 0.4) is 0 Å². The molecule has 3 N–H and O–H groups in total. The summed E-state index contributed by atoms with van der Waals surface area (Å²) in [5.41, 5.74) is 2.12. The predicted molar refractivity (Wildman–Crippen MR) is 85.2 cm³/mol. The molecular formula is C15H15ClN2O3S. The van der Waals surface area contributed by atoms with Gasteiger partial charge in [0.1, 0.15) is 0 Å². The van der Waals surface area contributed by atoms with Crippen molar-refractivity contribution in [1.82, 2.24) is 5.32 Å². The fraction of sp³-hybridized carbons (Fsp3) is 0.133. The topological polar surface area (TPSA) is 89.3 Å². The van der Waals surface area contributed by atoms with Crippen molar-refractivity contribution in [1.29, 1.82) is 0 Å². The Morgan fingerprint density at radius 2 is 1.82 bits per heavy atom. The van der Waals surface area contributed by atoms with Crippen LogP contribution in [0, 0.1) is 6.92 Å². The van der Waals surface area contributed by atoms with Gasteiger partial charge in [0.25, 0.3) is 5.91 Å². The van der Waals surface area contributed by atoms with E-state index in [1.54, 1.807) is 24.3 Å². The molecule has 2 aromatic rings. The molecule has 0 atom stereocenters. The Morgan fingerprint density at radius 3 is 2.36 bits per heavy atom. The second kappa shape index (κ2) is 6.48. The Morgan fingerprint density at radius 1 is 1.18 bits per heavy atom. The highest BCUT2D eigenvalue weighted by Crippen LogP contribution is 2.17. The normalized spacial score (nSPS) is 11.2. The molecule has 1 amide bonds. The molecule has 22 heavy (non-hydrogen) atoms. The molecule has 0 aromatic heterocycles. The molecular weight excluding hydrogens is 324 g/mol. The summed E-state index contributed by atoms with van der Waals surface area (Å²) in [5.74, 6) is -0.291. The summed E-state index contributed by atoms with van der Waals surface area (Å²) in [6, 6.07) is 11.2. The monoisotopic (exact) mass is 338 g/mol. The number of sulfonamides is 1. The second-order valence-electron chi connectivity index (χ2n) is 4.85. The zero-order valence-electron chi connectivity index (χ0n) is 11.8. The van der Waals surface area contributed by atoms with Crippen molar-refractivity contribution in [3.8, 4) is 0 Å². The van der Waals surface area contributed by atoms with E-state index >= 15 is 0 Å². The number of hydrogen-bond acceptors (Lipinski definition) is 3. The quantitative estimate of drug-likeness (QED) is 0.895. The Balaban J connectivity index is 2.05. The molecule has 0 saturated heterocycles. The number of hydrogen-bond donors (Lipinski definition) is 2. The average molecular weight is 339 g/mol. The van der Waals surface area contributed by atoms with Gasteiger partial charge in [-0.3, -0.25) is 4.79 Å². The number of primary sulfonamides is 1. The van der Waals surface area contributed by atoms with Crippen molar-refractivity contribution >= 4 is 27.5 Å². The summed E-state index contributed by atoms with van der Waals surface area (Å²) in [6.07, 6.45) is 0. The van der Waals surface area contributed by atoms with Crippen LogP contribution in [0.4, 0.5) is 0 Å². The molecule has 116 valence electrons. The van der Waals surface area contributed by atoms with E-state index in [1.165, 1.54) is 12.1 Å². The van der Waals surface area contributed by atoms with Crippen molar-refractivity contribution in [2.75, 3.05) is 0 Å². The molecule has 0 radical (unpaired) electrons. The van der Waals surface area contributed by atoms with E-state index in [9.17, 15) is 13.2 Å². The largest absolute Gasteiger partial charge is 0.348 e.